The molecule has 0 aliphatic carbocycles. The highest BCUT2D eigenvalue weighted by molar-refractivity contribution is 7.47. The first-order valence-electron chi connectivity index (χ1n) is 18.6. The molecule has 0 bridgehead atoms. The number of allylic oxidation sites excluding steroid dienone is 10. The van der Waals surface area contributed by atoms with Crippen molar-refractivity contribution in [2.45, 2.75) is 155 Å². The van der Waals surface area contributed by atoms with Gasteiger partial charge in [-0.25, -0.2) is 4.57 Å². The summed E-state index contributed by atoms with van der Waals surface area (Å²) in [5, 5.41) is 0. The largest absolute Gasteiger partial charge is 0.472 e. The molecule has 0 aromatic rings. The second-order valence-electron chi connectivity index (χ2n) is 11.9. The quantitative estimate of drug-likeness (QED) is 0.0313. The van der Waals surface area contributed by atoms with Crippen LogP contribution in [0.15, 0.2) is 60.8 Å². The van der Waals surface area contributed by atoms with E-state index in [1.54, 1.807) is 6.92 Å². The number of hydrogen-bond donors (Lipinski definition) is 1. The van der Waals surface area contributed by atoms with Crippen molar-refractivity contribution in [2.24, 2.45) is 0 Å². The van der Waals surface area contributed by atoms with Gasteiger partial charge in [0.2, 0.25) is 0 Å². The molecule has 276 valence electrons. The normalized spacial score (nSPS) is 14.2. The maximum Gasteiger partial charge on any atom is 0.472 e. The number of phosphoric ester groups is 1. The molecule has 9 heteroatoms. The molecule has 0 amide bonds. The molecule has 0 aromatic heterocycles. The maximum atomic E-state index is 12.4. The summed E-state index contributed by atoms with van der Waals surface area (Å²) in [4.78, 5) is 34.5. The van der Waals surface area contributed by atoms with E-state index in [1.807, 2.05) is 12.2 Å². The number of esters is 2. The zero-order valence-corrected chi connectivity index (χ0v) is 31.3. The van der Waals surface area contributed by atoms with Gasteiger partial charge in [0.05, 0.1) is 13.2 Å². The Labute approximate surface area is 292 Å². The van der Waals surface area contributed by atoms with Gasteiger partial charge in [-0.15, -0.1) is 0 Å². The first kappa shape index (κ1) is 45.8. The molecule has 0 fully saturated rings. The van der Waals surface area contributed by atoms with Crippen LogP contribution in [0.4, 0.5) is 0 Å². The third kappa shape index (κ3) is 33.6. The average Bonchev–Trinajstić information content (AvgIpc) is 3.06. The Kier molecular flexibility index (Phi) is 33.0. The van der Waals surface area contributed by atoms with Crippen molar-refractivity contribution in [3.63, 3.8) is 0 Å². The second-order valence-corrected chi connectivity index (χ2v) is 13.3. The molecule has 2 atom stereocenters. The van der Waals surface area contributed by atoms with Gasteiger partial charge in [0, 0.05) is 12.8 Å². The van der Waals surface area contributed by atoms with Crippen molar-refractivity contribution in [3.05, 3.63) is 60.8 Å². The van der Waals surface area contributed by atoms with Gasteiger partial charge < -0.3 is 14.4 Å². The van der Waals surface area contributed by atoms with E-state index in [0.29, 0.717) is 6.42 Å². The maximum absolute atomic E-state index is 12.4. The van der Waals surface area contributed by atoms with E-state index in [-0.39, 0.29) is 26.1 Å². The van der Waals surface area contributed by atoms with Crippen molar-refractivity contribution < 1.29 is 37.6 Å². The van der Waals surface area contributed by atoms with E-state index in [0.717, 1.165) is 64.2 Å². The molecule has 2 unspecified atom stereocenters. The minimum atomic E-state index is -4.30. The number of carbonyl (C=O) groups is 2. The highest BCUT2D eigenvalue weighted by atomic mass is 31.2. The van der Waals surface area contributed by atoms with Crippen LogP contribution in [0.5, 0.6) is 0 Å². The lowest BCUT2D eigenvalue weighted by Crippen LogP contribution is -2.29. The summed E-state index contributed by atoms with van der Waals surface area (Å²) in [6.45, 7) is 5.23. The summed E-state index contributed by atoms with van der Waals surface area (Å²) in [6, 6.07) is 0. The minimum absolute atomic E-state index is 0.0158. The average molecular weight is 695 g/mol. The summed E-state index contributed by atoms with van der Waals surface area (Å²) in [5.41, 5.74) is 0. The van der Waals surface area contributed by atoms with Crippen molar-refractivity contribution in [1.82, 2.24) is 0 Å². The molecule has 8 nitrogen and oxygen atoms in total. The zero-order chi connectivity index (χ0) is 35.4. The first-order valence-corrected chi connectivity index (χ1v) is 20.1. The van der Waals surface area contributed by atoms with Crippen LogP contribution in [0.25, 0.3) is 0 Å². The molecule has 0 aromatic carbocycles. The van der Waals surface area contributed by atoms with Crippen LogP contribution in [0, 0.1) is 0 Å². The van der Waals surface area contributed by atoms with E-state index >= 15 is 0 Å². The Bertz CT molecular complexity index is 969. The molecular formula is C39H67O8P. The van der Waals surface area contributed by atoms with E-state index in [9.17, 15) is 19.0 Å². The monoisotopic (exact) mass is 694 g/mol. The fourth-order valence-electron chi connectivity index (χ4n) is 4.64. The van der Waals surface area contributed by atoms with Crippen LogP contribution in [0.2, 0.25) is 0 Å². The molecule has 0 aliphatic heterocycles. The van der Waals surface area contributed by atoms with E-state index < -0.39 is 32.5 Å². The number of carbonyl (C=O) groups excluding carboxylic acids is 2. The van der Waals surface area contributed by atoms with Gasteiger partial charge in [-0.05, 0) is 71.1 Å². The van der Waals surface area contributed by atoms with Crippen molar-refractivity contribution in [2.75, 3.05) is 19.8 Å². The lowest BCUT2D eigenvalue weighted by atomic mass is 10.1. The summed E-state index contributed by atoms with van der Waals surface area (Å²) in [6.07, 6.45) is 40.1. The number of phosphoric acid groups is 1. The highest BCUT2D eigenvalue weighted by Gasteiger charge is 2.25. The predicted octanol–water partition coefficient (Wildman–Crippen LogP) is 11.2. The van der Waals surface area contributed by atoms with E-state index in [2.05, 4.69) is 62.5 Å². The number of rotatable bonds is 33. The summed E-state index contributed by atoms with van der Waals surface area (Å²) >= 11 is 0. The molecular weight excluding hydrogens is 627 g/mol. The smallest absolute Gasteiger partial charge is 0.462 e. The summed E-state index contributed by atoms with van der Waals surface area (Å²) in [7, 11) is -4.30. The fraction of sp³-hybridized carbons (Fsp3) is 0.692. The zero-order valence-electron chi connectivity index (χ0n) is 30.4. The SMILES string of the molecule is CC/C=C\C/C=C\C/C=C\C/C=C\CCC(=O)OC(COC(=O)CCCCCCC/C=C\CCCCCCCC)COP(=O)(O)OCC. The molecule has 0 radical (unpaired) electrons. The van der Waals surface area contributed by atoms with Crippen molar-refractivity contribution in [3.8, 4) is 0 Å². The minimum Gasteiger partial charge on any atom is -0.462 e. The molecule has 0 saturated heterocycles. The van der Waals surface area contributed by atoms with E-state index in [1.165, 1.54) is 44.9 Å². The Hall–Kier alpha value is -2.25. The number of hydrogen-bond acceptors (Lipinski definition) is 7. The Morgan fingerprint density at radius 3 is 1.69 bits per heavy atom. The van der Waals surface area contributed by atoms with Crippen molar-refractivity contribution >= 4 is 19.8 Å². The van der Waals surface area contributed by atoms with Crippen LogP contribution in [-0.2, 0) is 32.7 Å². The molecule has 0 rings (SSSR count). The van der Waals surface area contributed by atoms with Crippen LogP contribution in [0.3, 0.4) is 0 Å². The number of unbranched alkanes of at least 4 members (excludes halogenated alkanes) is 11. The topological polar surface area (TPSA) is 108 Å². The van der Waals surface area contributed by atoms with Crippen LogP contribution in [0.1, 0.15) is 149 Å². The highest BCUT2D eigenvalue weighted by Crippen LogP contribution is 2.43. The van der Waals surface area contributed by atoms with Crippen LogP contribution in [-0.4, -0.2) is 42.8 Å². The third-order valence-corrected chi connectivity index (χ3v) is 8.38. The van der Waals surface area contributed by atoms with Crippen molar-refractivity contribution in [1.29, 1.82) is 0 Å². The molecule has 0 spiro atoms. The van der Waals surface area contributed by atoms with Crippen LogP contribution < -0.4 is 0 Å². The molecule has 0 aliphatic rings. The van der Waals surface area contributed by atoms with Gasteiger partial charge >= 0.3 is 19.8 Å². The van der Waals surface area contributed by atoms with Gasteiger partial charge in [0.1, 0.15) is 6.61 Å². The summed E-state index contributed by atoms with van der Waals surface area (Å²) in [5.74, 6) is -0.908. The first-order chi connectivity index (χ1) is 23.3. The molecule has 0 heterocycles. The van der Waals surface area contributed by atoms with Gasteiger partial charge in [0.15, 0.2) is 6.10 Å². The number of ether oxygens (including phenoxy) is 2. The Morgan fingerprint density at radius 1 is 0.583 bits per heavy atom. The molecule has 1 N–H and O–H groups in total. The third-order valence-electron chi connectivity index (χ3n) is 7.32. The lowest BCUT2D eigenvalue weighted by molar-refractivity contribution is -0.161. The molecule has 0 saturated carbocycles. The van der Waals surface area contributed by atoms with E-state index in [4.69, 9.17) is 18.5 Å². The Morgan fingerprint density at radius 2 is 1.10 bits per heavy atom. The lowest BCUT2D eigenvalue weighted by Gasteiger charge is -2.19. The standard InChI is InChI=1S/C39H67O8P/c1-4-7-9-11-13-15-17-19-20-22-23-25-27-29-31-33-38(40)44-35-37(36-46-48(42,43)45-6-3)47-39(41)34-32-30-28-26-24-21-18-16-14-12-10-8-5-2/h8,10,14,16,19-21,24,28,30,37H,4-7,9,11-13,15,17-18,22-23,25-27,29,31-36H2,1-3H3,(H,42,43)/b10-8-,16-14-,20-19-,24-21-,30-28-. The molecule has 48 heavy (non-hydrogen) atoms. The van der Waals surface area contributed by atoms with Gasteiger partial charge in [-0.1, -0.05) is 126 Å². The van der Waals surface area contributed by atoms with Gasteiger partial charge in [-0.2, -0.15) is 0 Å². The Balaban J connectivity index is 4.28. The van der Waals surface area contributed by atoms with Gasteiger partial charge in [-0.3, -0.25) is 18.6 Å². The van der Waals surface area contributed by atoms with Gasteiger partial charge in [0.25, 0.3) is 0 Å². The second kappa shape index (κ2) is 34.6. The fourth-order valence-corrected chi connectivity index (χ4v) is 5.39. The predicted molar refractivity (Wildman–Crippen MR) is 198 cm³/mol. The van der Waals surface area contributed by atoms with Crippen LogP contribution >= 0.6 is 7.82 Å². The summed E-state index contributed by atoms with van der Waals surface area (Å²) < 4.78 is 32.4.